The molecule has 1 unspecified atom stereocenters. The van der Waals surface area contributed by atoms with Crippen molar-refractivity contribution >= 4 is 11.9 Å². The molecule has 0 spiro atoms. The number of aromatic nitrogens is 2. The molecule has 0 bridgehead atoms. The third-order valence-electron chi connectivity index (χ3n) is 9.52. The van der Waals surface area contributed by atoms with Crippen LogP contribution in [0.4, 0.5) is 0 Å². The highest BCUT2D eigenvalue weighted by molar-refractivity contribution is 5.66. The standard InChI is InChI=1S/C26H36N2O4/c1-16(29)31-19-7-9-25(3)18(13-19)5-6-20-21(25)8-10-26(4)22(20)14-23(24(26)32-17(2)30)28-12-11-27-15-28/h5,11-12,15,19-24H,6-10,13-14H2,1-4H3/t19-,20+,21-,22-,23?,24-,25-,26-/m0/s1. The van der Waals surface area contributed by atoms with Crippen LogP contribution in [0.3, 0.4) is 0 Å². The fourth-order valence-electron chi connectivity index (χ4n) is 8.07. The van der Waals surface area contributed by atoms with Crippen molar-refractivity contribution in [2.75, 3.05) is 0 Å². The van der Waals surface area contributed by atoms with Gasteiger partial charge < -0.3 is 14.0 Å². The van der Waals surface area contributed by atoms with Crippen molar-refractivity contribution < 1.29 is 19.1 Å². The minimum Gasteiger partial charge on any atom is -0.462 e. The summed E-state index contributed by atoms with van der Waals surface area (Å²) in [7, 11) is 0. The van der Waals surface area contributed by atoms with Crippen LogP contribution in [0.1, 0.15) is 78.7 Å². The number of hydrogen-bond acceptors (Lipinski definition) is 5. The molecule has 3 fully saturated rings. The number of carbonyl (C=O) groups is 2. The van der Waals surface area contributed by atoms with Gasteiger partial charge in [-0.25, -0.2) is 4.98 Å². The van der Waals surface area contributed by atoms with Crippen molar-refractivity contribution in [3.8, 4) is 0 Å². The van der Waals surface area contributed by atoms with E-state index in [4.69, 9.17) is 9.47 Å². The number of esters is 2. The smallest absolute Gasteiger partial charge is 0.302 e. The first kappa shape index (κ1) is 21.7. The van der Waals surface area contributed by atoms with E-state index in [1.54, 1.807) is 0 Å². The number of hydrogen-bond donors (Lipinski definition) is 0. The lowest BCUT2D eigenvalue weighted by Crippen LogP contribution is -2.52. The number of fused-ring (bicyclic) bond motifs is 5. The molecule has 8 atom stereocenters. The zero-order valence-electron chi connectivity index (χ0n) is 19.8. The summed E-state index contributed by atoms with van der Waals surface area (Å²) >= 11 is 0. The normalized spacial score (nSPS) is 42.8. The maximum absolute atomic E-state index is 12.1. The summed E-state index contributed by atoms with van der Waals surface area (Å²) in [4.78, 5) is 27.8. The number of nitrogens with zero attached hydrogens (tertiary/aromatic N) is 2. The van der Waals surface area contributed by atoms with E-state index < -0.39 is 0 Å². The van der Waals surface area contributed by atoms with E-state index in [9.17, 15) is 9.59 Å². The topological polar surface area (TPSA) is 70.4 Å². The SMILES string of the molecule is CC(=O)O[C@H]1CC[C@@]2(C)C(=CC[C@H]3[C@@H]4CC(n5ccnc5)[C@H](OC(C)=O)[C@@]4(C)CC[C@@H]32)C1. The van der Waals surface area contributed by atoms with Crippen LogP contribution in [-0.4, -0.2) is 33.7 Å². The van der Waals surface area contributed by atoms with Gasteiger partial charge in [-0.1, -0.05) is 25.5 Å². The summed E-state index contributed by atoms with van der Waals surface area (Å²) in [5.74, 6) is 1.39. The van der Waals surface area contributed by atoms with Gasteiger partial charge >= 0.3 is 11.9 Å². The second kappa shape index (κ2) is 7.74. The van der Waals surface area contributed by atoms with Gasteiger partial charge in [0.2, 0.25) is 0 Å². The highest BCUT2D eigenvalue weighted by Gasteiger charge is 2.62. The summed E-state index contributed by atoms with van der Waals surface area (Å²) in [5.41, 5.74) is 1.67. The molecule has 6 heteroatoms. The van der Waals surface area contributed by atoms with Crippen molar-refractivity contribution in [1.29, 1.82) is 0 Å². The van der Waals surface area contributed by atoms with E-state index in [1.165, 1.54) is 19.4 Å². The zero-order chi connectivity index (χ0) is 22.7. The lowest BCUT2D eigenvalue weighted by molar-refractivity contribution is -0.159. The predicted molar refractivity (Wildman–Crippen MR) is 119 cm³/mol. The Morgan fingerprint density at radius 3 is 2.56 bits per heavy atom. The number of imidazole rings is 1. The molecule has 4 aliphatic carbocycles. The first-order valence-corrected chi connectivity index (χ1v) is 12.2. The van der Waals surface area contributed by atoms with E-state index >= 15 is 0 Å². The molecular weight excluding hydrogens is 404 g/mol. The molecule has 1 aromatic rings. The molecular formula is C26H36N2O4. The van der Waals surface area contributed by atoms with E-state index in [0.29, 0.717) is 17.8 Å². The molecule has 32 heavy (non-hydrogen) atoms. The van der Waals surface area contributed by atoms with Gasteiger partial charge in [0, 0.05) is 38.1 Å². The molecule has 174 valence electrons. The maximum atomic E-state index is 12.1. The molecule has 0 N–H and O–H groups in total. The Kier molecular flexibility index (Phi) is 5.25. The highest BCUT2D eigenvalue weighted by atomic mass is 16.5. The summed E-state index contributed by atoms with van der Waals surface area (Å²) in [6, 6.07) is 0.146. The van der Waals surface area contributed by atoms with Gasteiger partial charge in [0.1, 0.15) is 12.2 Å². The molecule has 0 aliphatic heterocycles. The number of rotatable bonds is 3. The predicted octanol–water partition coefficient (Wildman–Crippen LogP) is 4.86. The van der Waals surface area contributed by atoms with Crippen molar-refractivity contribution in [2.24, 2.45) is 28.6 Å². The Morgan fingerprint density at radius 1 is 1.09 bits per heavy atom. The first-order chi connectivity index (χ1) is 15.2. The third-order valence-corrected chi connectivity index (χ3v) is 9.52. The largest absolute Gasteiger partial charge is 0.462 e. The molecule has 0 amide bonds. The van der Waals surface area contributed by atoms with Crippen LogP contribution in [0, 0.1) is 28.6 Å². The molecule has 1 heterocycles. The number of ether oxygens (including phenoxy) is 2. The van der Waals surface area contributed by atoms with E-state index in [1.807, 2.05) is 18.7 Å². The summed E-state index contributed by atoms with van der Waals surface area (Å²) in [6.45, 7) is 7.86. The van der Waals surface area contributed by atoms with Crippen LogP contribution < -0.4 is 0 Å². The van der Waals surface area contributed by atoms with Gasteiger partial charge in [-0.3, -0.25) is 9.59 Å². The molecule has 0 saturated heterocycles. The van der Waals surface area contributed by atoms with E-state index in [0.717, 1.165) is 44.9 Å². The van der Waals surface area contributed by atoms with Crippen LogP contribution in [0.2, 0.25) is 0 Å². The Labute approximate surface area is 190 Å². The monoisotopic (exact) mass is 440 g/mol. The van der Waals surface area contributed by atoms with Crippen LogP contribution in [0.25, 0.3) is 0 Å². The van der Waals surface area contributed by atoms with Crippen molar-refractivity contribution in [3.63, 3.8) is 0 Å². The molecule has 1 aromatic heterocycles. The van der Waals surface area contributed by atoms with Crippen LogP contribution in [-0.2, 0) is 19.1 Å². The molecule has 5 rings (SSSR count). The average molecular weight is 441 g/mol. The fraction of sp³-hybridized carbons (Fsp3) is 0.731. The summed E-state index contributed by atoms with van der Waals surface area (Å²) in [5, 5.41) is 0. The highest BCUT2D eigenvalue weighted by Crippen LogP contribution is 2.66. The molecule has 0 radical (unpaired) electrons. The minimum atomic E-state index is -0.189. The third kappa shape index (κ3) is 3.32. The van der Waals surface area contributed by atoms with Gasteiger partial charge in [0.05, 0.1) is 12.4 Å². The molecule has 4 aliphatic rings. The Morgan fingerprint density at radius 2 is 1.88 bits per heavy atom. The lowest BCUT2D eigenvalue weighted by Gasteiger charge is -2.57. The van der Waals surface area contributed by atoms with Crippen molar-refractivity contribution in [2.45, 2.75) is 90.9 Å². The first-order valence-electron chi connectivity index (χ1n) is 12.2. The summed E-state index contributed by atoms with van der Waals surface area (Å²) < 4.78 is 13.8. The summed E-state index contributed by atoms with van der Waals surface area (Å²) in [6.07, 6.45) is 15.3. The minimum absolute atomic E-state index is 0.0155. The second-order valence-corrected chi connectivity index (χ2v) is 11.1. The average Bonchev–Trinajstić information content (AvgIpc) is 3.34. The van der Waals surface area contributed by atoms with Crippen molar-refractivity contribution in [3.05, 3.63) is 30.4 Å². The zero-order valence-corrected chi connectivity index (χ0v) is 19.8. The van der Waals surface area contributed by atoms with Crippen molar-refractivity contribution in [1.82, 2.24) is 9.55 Å². The Bertz CT molecular complexity index is 924. The van der Waals surface area contributed by atoms with Gasteiger partial charge in [0.15, 0.2) is 0 Å². The van der Waals surface area contributed by atoms with E-state index in [2.05, 4.69) is 29.5 Å². The van der Waals surface area contributed by atoms with Gasteiger partial charge in [-0.2, -0.15) is 0 Å². The Hall–Kier alpha value is -2.11. The number of carbonyl (C=O) groups excluding carboxylic acids is 2. The lowest BCUT2D eigenvalue weighted by atomic mass is 9.48. The van der Waals surface area contributed by atoms with Crippen LogP contribution in [0.5, 0.6) is 0 Å². The van der Waals surface area contributed by atoms with Gasteiger partial charge in [0.25, 0.3) is 0 Å². The molecule has 6 nitrogen and oxygen atoms in total. The fourth-order valence-corrected chi connectivity index (χ4v) is 8.07. The van der Waals surface area contributed by atoms with Crippen LogP contribution in [0.15, 0.2) is 30.4 Å². The maximum Gasteiger partial charge on any atom is 0.302 e. The van der Waals surface area contributed by atoms with Crippen LogP contribution >= 0.6 is 0 Å². The second-order valence-electron chi connectivity index (χ2n) is 11.1. The van der Waals surface area contributed by atoms with Gasteiger partial charge in [-0.05, 0) is 61.7 Å². The quantitative estimate of drug-likeness (QED) is 0.496. The number of allylic oxidation sites excluding steroid dienone is 1. The molecule has 0 aromatic carbocycles. The molecule has 3 saturated carbocycles. The van der Waals surface area contributed by atoms with E-state index in [-0.39, 0.29) is 41.0 Å². The Balaban J connectivity index is 1.45. The van der Waals surface area contributed by atoms with Gasteiger partial charge in [-0.15, -0.1) is 0 Å².